The Morgan fingerprint density at radius 2 is 1.83 bits per heavy atom. The van der Waals surface area contributed by atoms with E-state index in [0.29, 0.717) is 17.9 Å². The monoisotopic (exact) mass is 392 g/mol. The zero-order chi connectivity index (χ0) is 20.4. The van der Waals surface area contributed by atoms with Crippen LogP contribution in [0.15, 0.2) is 76.4 Å². The van der Waals surface area contributed by atoms with Gasteiger partial charge in [0.05, 0.1) is 12.1 Å². The highest BCUT2D eigenvalue weighted by atomic mass is 19.1. The van der Waals surface area contributed by atoms with Gasteiger partial charge in [0.2, 0.25) is 11.2 Å². The number of rotatable bonds is 6. The second-order valence-electron chi connectivity index (χ2n) is 6.60. The van der Waals surface area contributed by atoms with Crippen LogP contribution >= 0.6 is 0 Å². The van der Waals surface area contributed by atoms with E-state index in [1.54, 1.807) is 0 Å². The molecule has 29 heavy (non-hydrogen) atoms. The lowest BCUT2D eigenvalue weighted by molar-refractivity contribution is 0.0996. The summed E-state index contributed by atoms with van der Waals surface area (Å²) >= 11 is 0. The number of benzene rings is 2. The number of aromatic nitrogens is 1. The van der Waals surface area contributed by atoms with Crippen LogP contribution < -0.4 is 15.9 Å². The van der Waals surface area contributed by atoms with Crippen LogP contribution in [0.25, 0.3) is 10.8 Å². The van der Waals surface area contributed by atoms with Crippen molar-refractivity contribution in [2.24, 2.45) is 5.73 Å². The molecule has 2 heterocycles. The van der Waals surface area contributed by atoms with E-state index in [2.05, 4.69) is 0 Å². The molecule has 1 amide bonds. The molecule has 0 saturated heterocycles. The van der Waals surface area contributed by atoms with Gasteiger partial charge in [-0.05, 0) is 28.5 Å². The molecule has 7 heteroatoms. The molecule has 0 aliphatic carbocycles. The molecule has 146 valence electrons. The molecule has 6 nitrogen and oxygen atoms in total. The van der Waals surface area contributed by atoms with Crippen LogP contribution in [0.5, 0.6) is 5.75 Å². The van der Waals surface area contributed by atoms with Crippen LogP contribution in [0.1, 0.15) is 21.7 Å². The first-order valence-electron chi connectivity index (χ1n) is 8.87. The Labute approximate surface area is 164 Å². The number of ether oxygens (including phenoxy) is 1. The van der Waals surface area contributed by atoms with Crippen LogP contribution in [0.2, 0.25) is 0 Å². The quantitative estimate of drug-likeness (QED) is 0.544. The van der Waals surface area contributed by atoms with Crippen molar-refractivity contribution in [3.05, 3.63) is 100 Å². The van der Waals surface area contributed by atoms with Gasteiger partial charge < -0.3 is 19.5 Å². The normalized spacial score (nSPS) is 10.9. The van der Waals surface area contributed by atoms with Gasteiger partial charge in [0.25, 0.3) is 5.91 Å². The van der Waals surface area contributed by atoms with E-state index >= 15 is 0 Å². The van der Waals surface area contributed by atoms with Gasteiger partial charge in [-0.2, -0.15) is 0 Å². The Bertz CT molecular complexity index is 1230. The maximum Gasteiger partial charge on any atom is 0.251 e. The third-order valence-corrected chi connectivity index (χ3v) is 4.49. The second kappa shape index (κ2) is 7.63. The smallest absolute Gasteiger partial charge is 0.251 e. The summed E-state index contributed by atoms with van der Waals surface area (Å²) < 4.78 is 26.7. The Morgan fingerprint density at radius 1 is 1.10 bits per heavy atom. The second-order valence-corrected chi connectivity index (χ2v) is 6.60. The number of halogens is 1. The van der Waals surface area contributed by atoms with E-state index in [9.17, 15) is 14.0 Å². The molecule has 0 unspecified atom stereocenters. The number of nitrogens with two attached hydrogens (primary N) is 1. The Morgan fingerprint density at radius 3 is 2.45 bits per heavy atom. The van der Waals surface area contributed by atoms with Crippen LogP contribution in [-0.2, 0) is 13.2 Å². The summed E-state index contributed by atoms with van der Waals surface area (Å²) in [6.45, 7) is 0.354. The predicted molar refractivity (Wildman–Crippen MR) is 105 cm³/mol. The molecule has 2 N–H and O–H groups in total. The average Bonchev–Trinajstić information content (AvgIpc) is 3.09. The Balaban J connectivity index is 1.45. The highest BCUT2D eigenvalue weighted by molar-refractivity contribution is 5.93. The summed E-state index contributed by atoms with van der Waals surface area (Å²) in [5.74, 6) is -1.08. The van der Waals surface area contributed by atoms with E-state index in [4.69, 9.17) is 14.9 Å². The van der Waals surface area contributed by atoms with E-state index in [1.165, 1.54) is 24.5 Å². The fourth-order valence-corrected chi connectivity index (χ4v) is 3.05. The van der Waals surface area contributed by atoms with Gasteiger partial charge in [0.1, 0.15) is 24.4 Å². The predicted octanol–water partition coefficient (Wildman–Crippen LogP) is 3.46. The number of amides is 1. The van der Waals surface area contributed by atoms with Gasteiger partial charge in [-0.25, -0.2) is 4.39 Å². The van der Waals surface area contributed by atoms with Crippen molar-refractivity contribution < 1.29 is 18.3 Å². The molecule has 0 atom stereocenters. The lowest BCUT2D eigenvalue weighted by Crippen LogP contribution is -2.13. The third kappa shape index (κ3) is 4.03. The summed E-state index contributed by atoms with van der Waals surface area (Å²) in [5.41, 5.74) is 4.99. The number of nitrogens with zero attached hydrogens (tertiary/aromatic N) is 1. The van der Waals surface area contributed by atoms with Gasteiger partial charge in [-0.3, -0.25) is 9.59 Å². The molecule has 0 spiro atoms. The number of primary amides is 1. The lowest BCUT2D eigenvalue weighted by Gasteiger charge is -2.07. The van der Waals surface area contributed by atoms with Gasteiger partial charge in [0, 0.05) is 18.5 Å². The molecule has 0 saturated carbocycles. The zero-order valence-corrected chi connectivity index (χ0v) is 15.3. The highest BCUT2D eigenvalue weighted by Crippen LogP contribution is 2.17. The van der Waals surface area contributed by atoms with Crippen LogP contribution in [0, 0.1) is 5.82 Å². The van der Waals surface area contributed by atoms with Gasteiger partial charge in [-0.15, -0.1) is 0 Å². The summed E-state index contributed by atoms with van der Waals surface area (Å²) in [6, 6.07) is 13.3. The van der Waals surface area contributed by atoms with E-state index in [1.807, 2.05) is 41.2 Å². The minimum atomic E-state index is -0.846. The summed E-state index contributed by atoms with van der Waals surface area (Å²) in [4.78, 5) is 23.4. The van der Waals surface area contributed by atoms with Crippen molar-refractivity contribution in [3.8, 4) is 5.75 Å². The van der Waals surface area contributed by atoms with Crippen molar-refractivity contribution in [1.29, 1.82) is 0 Å². The average molecular weight is 392 g/mol. The first-order chi connectivity index (χ1) is 14.0. The summed E-state index contributed by atoms with van der Waals surface area (Å²) in [7, 11) is 0. The van der Waals surface area contributed by atoms with Crippen molar-refractivity contribution in [3.63, 3.8) is 0 Å². The SMILES string of the molecule is NC(=O)c1ccc(COc2coc(Cn3cc4ccccc4c3)cc2=O)cc1F. The molecule has 4 rings (SSSR count). The highest BCUT2D eigenvalue weighted by Gasteiger charge is 2.10. The first-order valence-corrected chi connectivity index (χ1v) is 8.87. The molecule has 4 aromatic rings. The van der Waals surface area contributed by atoms with Gasteiger partial charge in [-0.1, -0.05) is 30.3 Å². The fourth-order valence-electron chi connectivity index (χ4n) is 3.05. The molecule has 2 aromatic heterocycles. The van der Waals surface area contributed by atoms with E-state index in [-0.39, 0.29) is 23.3 Å². The van der Waals surface area contributed by atoms with E-state index in [0.717, 1.165) is 16.8 Å². The van der Waals surface area contributed by atoms with Gasteiger partial charge >= 0.3 is 0 Å². The van der Waals surface area contributed by atoms with E-state index < -0.39 is 11.7 Å². The van der Waals surface area contributed by atoms with Crippen LogP contribution in [-0.4, -0.2) is 10.5 Å². The number of fused-ring (bicyclic) bond motifs is 1. The Kier molecular flexibility index (Phi) is 4.87. The molecule has 0 radical (unpaired) electrons. The van der Waals surface area contributed by atoms with Crippen LogP contribution in [0.4, 0.5) is 4.39 Å². The number of hydrogen-bond donors (Lipinski definition) is 1. The summed E-state index contributed by atoms with van der Waals surface area (Å²) in [5, 5.41) is 2.20. The Hall–Kier alpha value is -3.87. The molecular formula is C22H17FN2O4. The molecule has 0 bridgehead atoms. The van der Waals surface area contributed by atoms with Crippen molar-refractivity contribution in [1.82, 2.24) is 4.57 Å². The number of hydrogen-bond acceptors (Lipinski definition) is 4. The zero-order valence-electron chi connectivity index (χ0n) is 15.3. The van der Waals surface area contributed by atoms with Crippen molar-refractivity contribution in [2.45, 2.75) is 13.2 Å². The molecule has 0 aliphatic rings. The minimum absolute atomic E-state index is 0.0193. The lowest BCUT2D eigenvalue weighted by atomic mass is 10.1. The largest absolute Gasteiger partial charge is 0.482 e. The fraction of sp³-hybridized carbons (Fsp3) is 0.0909. The molecule has 0 fully saturated rings. The topological polar surface area (TPSA) is 87.5 Å². The maximum atomic E-state index is 13.8. The minimum Gasteiger partial charge on any atom is -0.482 e. The van der Waals surface area contributed by atoms with Crippen molar-refractivity contribution >= 4 is 16.7 Å². The first kappa shape index (κ1) is 18.5. The molecule has 0 aliphatic heterocycles. The number of carbonyl (C=O) groups is 1. The standard InChI is InChI=1S/C22H17FN2O4/c23-19-7-14(5-6-18(19)22(24)27)12-29-21-13-28-17(8-20(21)26)11-25-9-15-3-1-2-4-16(15)10-25/h1-10,13H,11-12H2,(H2,24,27). The third-order valence-electron chi connectivity index (χ3n) is 4.49. The van der Waals surface area contributed by atoms with Crippen LogP contribution in [0.3, 0.4) is 0 Å². The van der Waals surface area contributed by atoms with Crippen molar-refractivity contribution in [2.75, 3.05) is 0 Å². The molecule has 2 aromatic carbocycles. The molecular weight excluding hydrogens is 375 g/mol. The maximum absolute atomic E-state index is 13.8. The number of carbonyl (C=O) groups excluding carboxylic acids is 1. The van der Waals surface area contributed by atoms with Gasteiger partial charge in [0.15, 0.2) is 0 Å². The summed E-state index contributed by atoms with van der Waals surface area (Å²) in [6.07, 6.45) is 5.20.